The largest absolute Gasteiger partial charge is 0.396 e. The van der Waals surface area contributed by atoms with E-state index in [0.717, 1.165) is 18.9 Å². The molecule has 0 heterocycles. The summed E-state index contributed by atoms with van der Waals surface area (Å²) in [6, 6.07) is 1.58. The molecule has 1 saturated carbocycles. The average Bonchev–Trinajstić information content (AvgIpc) is 2.34. The number of hydrogen-bond donors (Lipinski definition) is 1. The van der Waals surface area contributed by atoms with Crippen LogP contribution in [0.2, 0.25) is 0 Å². The van der Waals surface area contributed by atoms with Gasteiger partial charge in [0.2, 0.25) is 0 Å². The van der Waals surface area contributed by atoms with Gasteiger partial charge in [-0.15, -0.1) is 0 Å². The van der Waals surface area contributed by atoms with Crippen LogP contribution in [0.5, 0.6) is 0 Å². The first-order valence-electron chi connectivity index (χ1n) is 5.87. The summed E-state index contributed by atoms with van der Waals surface area (Å²) in [6.45, 7) is 0.146. The summed E-state index contributed by atoms with van der Waals surface area (Å²) in [5, 5.41) is 9.00. The molecule has 0 bridgehead atoms. The van der Waals surface area contributed by atoms with Gasteiger partial charge in [0.05, 0.1) is 0 Å². The third-order valence-electron chi connectivity index (χ3n) is 3.58. The number of hydrogen-bond acceptors (Lipinski definition) is 1. The smallest absolute Gasteiger partial charge is 0.161 e. The van der Waals surface area contributed by atoms with Gasteiger partial charge in [0.1, 0.15) is 5.82 Å². The van der Waals surface area contributed by atoms with Crippen molar-refractivity contribution in [3.05, 3.63) is 35.1 Å². The maximum Gasteiger partial charge on any atom is 0.161 e. The molecule has 94 valence electrons. The van der Waals surface area contributed by atoms with E-state index in [1.165, 1.54) is 0 Å². The maximum absolute atomic E-state index is 13.5. The van der Waals surface area contributed by atoms with Gasteiger partial charge in [-0.1, -0.05) is 0 Å². The number of rotatable bonds is 2. The van der Waals surface area contributed by atoms with Crippen LogP contribution in [-0.4, -0.2) is 11.7 Å². The minimum absolute atomic E-state index is 0.0621. The standard InChI is InChI=1S/C13H15F3O/c14-11-6-13(16)12(15)5-10(11)9-3-1-8(7-17)2-4-9/h5-6,8-9,17H,1-4,7H2. The van der Waals surface area contributed by atoms with E-state index in [1.807, 2.05) is 0 Å². The quantitative estimate of drug-likeness (QED) is 0.791. The second-order valence-electron chi connectivity index (χ2n) is 4.69. The van der Waals surface area contributed by atoms with E-state index in [1.54, 1.807) is 0 Å². The van der Waals surface area contributed by atoms with Crippen LogP contribution in [0.25, 0.3) is 0 Å². The highest BCUT2D eigenvalue weighted by atomic mass is 19.2. The molecule has 17 heavy (non-hydrogen) atoms. The Morgan fingerprint density at radius 3 is 2.12 bits per heavy atom. The highest BCUT2D eigenvalue weighted by Gasteiger charge is 2.25. The first-order chi connectivity index (χ1) is 8.11. The Morgan fingerprint density at radius 2 is 1.53 bits per heavy atom. The van der Waals surface area contributed by atoms with Gasteiger partial charge in [0.25, 0.3) is 0 Å². The van der Waals surface area contributed by atoms with Crippen LogP contribution in [0, 0.1) is 23.4 Å². The van der Waals surface area contributed by atoms with Crippen molar-refractivity contribution < 1.29 is 18.3 Å². The number of aliphatic hydroxyl groups excluding tert-OH is 1. The molecule has 1 N–H and O–H groups in total. The van der Waals surface area contributed by atoms with Crippen molar-refractivity contribution in [3.63, 3.8) is 0 Å². The van der Waals surface area contributed by atoms with Crippen molar-refractivity contribution in [2.24, 2.45) is 5.92 Å². The molecule has 1 aromatic carbocycles. The molecule has 1 nitrogen and oxygen atoms in total. The fourth-order valence-electron chi connectivity index (χ4n) is 2.51. The lowest BCUT2D eigenvalue weighted by Gasteiger charge is -2.27. The lowest BCUT2D eigenvalue weighted by molar-refractivity contribution is 0.181. The van der Waals surface area contributed by atoms with Gasteiger partial charge in [-0.3, -0.25) is 0 Å². The van der Waals surface area contributed by atoms with Crippen molar-refractivity contribution in [2.45, 2.75) is 31.6 Å². The van der Waals surface area contributed by atoms with Gasteiger partial charge in [0.15, 0.2) is 11.6 Å². The zero-order valence-corrected chi connectivity index (χ0v) is 9.43. The Hall–Kier alpha value is -1.03. The van der Waals surface area contributed by atoms with Crippen LogP contribution in [0.3, 0.4) is 0 Å². The lowest BCUT2D eigenvalue weighted by atomic mass is 9.79. The van der Waals surface area contributed by atoms with Gasteiger partial charge in [0, 0.05) is 12.7 Å². The molecule has 1 fully saturated rings. The fourth-order valence-corrected chi connectivity index (χ4v) is 2.51. The number of benzene rings is 1. The second-order valence-corrected chi connectivity index (χ2v) is 4.69. The molecule has 0 atom stereocenters. The number of aliphatic hydroxyl groups is 1. The van der Waals surface area contributed by atoms with E-state index in [0.29, 0.717) is 18.9 Å². The molecule has 0 aliphatic heterocycles. The molecule has 0 spiro atoms. The third-order valence-corrected chi connectivity index (χ3v) is 3.58. The van der Waals surface area contributed by atoms with Crippen molar-refractivity contribution >= 4 is 0 Å². The number of halogens is 3. The molecule has 1 aliphatic carbocycles. The Labute approximate surface area is 98.3 Å². The summed E-state index contributed by atoms with van der Waals surface area (Å²) >= 11 is 0. The zero-order chi connectivity index (χ0) is 12.4. The predicted molar refractivity (Wildman–Crippen MR) is 58.1 cm³/mol. The normalized spacial score (nSPS) is 24.9. The van der Waals surface area contributed by atoms with E-state index in [-0.39, 0.29) is 24.0 Å². The van der Waals surface area contributed by atoms with E-state index >= 15 is 0 Å². The van der Waals surface area contributed by atoms with Crippen LogP contribution >= 0.6 is 0 Å². The molecular weight excluding hydrogens is 229 g/mol. The minimum Gasteiger partial charge on any atom is -0.396 e. The molecule has 0 unspecified atom stereocenters. The topological polar surface area (TPSA) is 20.2 Å². The van der Waals surface area contributed by atoms with Crippen molar-refractivity contribution in [2.75, 3.05) is 6.61 Å². The van der Waals surface area contributed by atoms with Gasteiger partial charge in [-0.25, -0.2) is 13.2 Å². The lowest BCUT2D eigenvalue weighted by Crippen LogP contribution is -2.17. The van der Waals surface area contributed by atoms with E-state index in [2.05, 4.69) is 0 Å². The molecule has 1 aliphatic rings. The average molecular weight is 244 g/mol. The predicted octanol–water partition coefficient (Wildman–Crippen LogP) is 3.37. The van der Waals surface area contributed by atoms with Gasteiger partial charge >= 0.3 is 0 Å². The highest BCUT2D eigenvalue weighted by molar-refractivity contribution is 5.24. The molecule has 4 heteroatoms. The summed E-state index contributed by atoms with van der Waals surface area (Å²) in [4.78, 5) is 0. The molecule has 0 amide bonds. The SMILES string of the molecule is OCC1CCC(c2cc(F)c(F)cc2F)CC1. The van der Waals surface area contributed by atoms with E-state index in [4.69, 9.17) is 5.11 Å². The van der Waals surface area contributed by atoms with Crippen LogP contribution in [0.4, 0.5) is 13.2 Å². The van der Waals surface area contributed by atoms with Crippen molar-refractivity contribution in [3.8, 4) is 0 Å². The summed E-state index contributed by atoms with van der Waals surface area (Å²) in [5.74, 6) is -2.61. The van der Waals surface area contributed by atoms with E-state index in [9.17, 15) is 13.2 Å². The zero-order valence-electron chi connectivity index (χ0n) is 9.43. The molecule has 0 aromatic heterocycles. The summed E-state index contributed by atoms with van der Waals surface area (Å²) in [7, 11) is 0. The van der Waals surface area contributed by atoms with Crippen molar-refractivity contribution in [1.82, 2.24) is 0 Å². The van der Waals surface area contributed by atoms with Crippen molar-refractivity contribution in [1.29, 1.82) is 0 Å². The van der Waals surface area contributed by atoms with E-state index < -0.39 is 17.5 Å². The summed E-state index contributed by atoms with van der Waals surface area (Å²) in [5.41, 5.74) is 0.264. The summed E-state index contributed by atoms with van der Waals surface area (Å²) < 4.78 is 39.4. The van der Waals surface area contributed by atoms with Crippen LogP contribution < -0.4 is 0 Å². The molecular formula is C13H15F3O. The Bertz CT molecular complexity index is 398. The van der Waals surface area contributed by atoms with Crippen LogP contribution in [0.1, 0.15) is 37.2 Å². The van der Waals surface area contributed by atoms with Gasteiger partial charge < -0.3 is 5.11 Å². The van der Waals surface area contributed by atoms with Gasteiger partial charge in [-0.05, 0) is 49.1 Å². The van der Waals surface area contributed by atoms with Crippen LogP contribution in [0.15, 0.2) is 12.1 Å². The Kier molecular flexibility index (Phi) is 3.72. The third kappa shape index (κ3) is 2.63. The highest BCUT2D eigenvalue weighted by Crippen LogP contribution is 2.37. The Morgan fingerprint density at radius 1 is 0.941 bits per heavy atom. The second kappa shape index (κ2) is 5.08. The monoisotopic (exact) mass is 244 g/mol. The Balaban J connectivity index is 2.16. The molecule has 0 saturated heterocycles. The van der Waals surface area contributed by atoms with Crippen LogP contribution in [-0.2, 0) is 0 Å². The molecule has 0 radical (unpaired) electrons. The van der Waals surface area contributed by atoms with Gasteiger partial charge in [-0.2, -0.15) is 0 Å². The summed E-state index contributed by atoms with van der Waals surface area (Å²) in [6.07, 6.45) is 3.04. The molecule has 2 rings (SSSR count). The first kappa shape index (κ1) is 12.4. The maximum atomic E-state index is 13.5. The minimum atomic E-state index is -1.14. The fraction of sp³-hybridized carbons (Fsp3) is 0.538. The first-order valence-corrected chi connectivity index (χ1v) is 5.87. The molecule has 1 aromatic rings.